The summed E-state index contributed by atoms with van der Waals surface area (Å²) in [6.07, 6.45) is 4.53. The zero-order valence-corrected chi connectivity index (χ0v) is 12.0. The van der Waals surface area contributed by atoms with E-state index in [0.29, 0.717) is 0 Å². The van der Waals surface area contributed by atoms with Crippen molar-refractivity contribution >= 4 is 11.6 Å². The van der Waals surface area contributed by atoms with Gasteiger partial charge in [-0.3, -0.25) is 0 Å². The molecule has 2 nitrogen and oxygen atoms in total. The van der Waals surface area contributed by atoms with Crippen LogP contribution in [0.3, 0.4) is 0 Å². The molecule has 1 saturated heterocycles. The molecule has 0 aliphatic carbocycles. The Morgan fingerprint density at radius 1 is 1.47 bits per heavy atom. The lowest BCUT2D eigenvalue weighted by Crippen LogP contribution is -2.44. The van der Waals surface area contributed by atoms with Gasteiger partial charge in [0.15, 0.2) is 0 Å². The highest BCUT2D eigenvalue weighted by Gasteiger charge is 2.24. The van der Waals surface area contributed by atoms with Crippen LogP contribution >= 0.6 is 11.6 Å². The first-order valence-electron chi connectivity index (χ1n) is 6.99. The molecule has 1 aliphatic rings. The summed E-state index contributed by atoms with van der Waals surface area (Å²) >= 11 is 5.83. The number of ether oxygens (including phenoxy) is 1. The van der Waals surface area contributed by atoms with Gasteiger partial charge in [0, 0.05) is 12.6 Å². The fraction of sp³-hybridized carbons (Fsp3) is 0.600. The van der Waals surface area contributed by atoms with Gasteiger partial charge in [0.25, 0.3) is 0 Å². The van der Waals surface area contributed by atoms with Crippen molar-refractivity contribution in [1.82, 2.24) is 5.32 Å². The maximum absolute atomic E-state index is 13.2. The molecular weight excluding hydrogens is 265 g/mol. The Kier molecular flexibility index (Phi) is 5.61. The van der Waals surface area contributed by atoms with Crippen LogP contribution in [0.2, 0.25) is 5.02 Å². The summed E-state index contributed by atoms with van der Waals surface area (Å²) in [5, 5.41) is 3.67. The van der Waals surface area contributed by atoms with Gasteiger partial charge >= 0.3 is 0 Å². The molecule has 0 radical (unpaired) electrons. The molecule has 0 bridgehead atoms. The summed E-state index contributed by atoms with van der Waals surface area (Å²) in [5.41, 5.74) is 1.05. The Bertz CT molecular complexity index is 407. The molecule has 1 N–H and O–H groups in total. The van der Waals surface area contributed by atoms with Gasteiger partial charge in [0.1, 0.15) is 5.82 Å². The van der Waals surface area contributed by atoms with E-state index in [-0.39, 0.29) is 23.0 Å². The van der Waals surface area contributed by atoms with Crippen molar-refractivity contribution < 1.29 is 9.13 Å². The molecule has 0 spiro atoms. The second-order valence-corrected chi connectivity index (χ2v) is 5.43. The van der Waals surface area contributed by atoms with Crippen LogP contribution in [0, 0.1) is 5.82 Å². The van der Waals surface area contributed by atoms with E-state index in [9.17, 15) is 4.39 Å². The van der Waals surface area contributed by atoms with Gasteiger partial charge in [-0.15, -0.1) is 0 Å². The third-order valence-electron chi connectivity index (χ3n) is 3.57. The first kappa shape index (κ1) is 14.8. The molecule has 19 heavy (non-hydrogen) atoms. The summed E-state index contributed by atoms with van der Waals surface area (Å²) in [6, 6.07) is 5.22. The van der Waals surface area contributed by atoms with Crippen molar-refractivity contribution in [1.29, 1.82) is 0 Å². The Balaban J connectivity index is 2.04. The standard InChI is InChI=1S/C15H21ClFNO/c1-2-18-14(15-5-3-4-8-19-15)10-11-6-7-13(17)12(16)9-11/h6-7,9,14-15,18H,2-5,8,10H2,1H3. The zero-order chi connectivity index (χ0) is 13.7. The maximum atomic E-state index is 13.2. The van der Waals surface area contributed by atoms with Crippen molar-refractivity contribution in [3.05, 3.63) is 34.6 Å². The fourth-order valence-corrected chi connectivity index (χ4v) is 2.80. The number of nitrogens with one attached hydrogen (secondary N) is 1. The predicted octanol–water partition coefficient (Wildman–Crippen LogP) is 3.57. The smallest absolute Gasteiger partial charge is 0.141 e. The predicted molar refractivity (Wildman–Crippen MR) is 76.2 cm³/mol. The highest BCUT2D eigenvalue weighted by Crippen LogP contribution is 2.21. The molecule has 2 unspecified atom stereocenters. The quantitative estimate of drug-likeness (QED) is 0.893. The molecular formula is C15H21ClFNO. The first-order chi connectivity index (χ1) is 9.20. The number of rotatable bonds is 5. The van der Waals surface area contributed by atoms with Crippen molar-refractivity contribution in [2.24, 2.45) is 0 Å². The van der Waals surface area contributed by atoms with Gasteiger partial charge in [-0.2, -0.15) is 0 Å². The second kappa shape index (κ2) is 7.22. The van der Waals surface area contributed by atoms with E-state index in [2.05, 4.69) is 12.2 Å². The van der Waals surface area contributed by atoms with Gasteiger partial charge in [0.2, 0.25) is 0 Å². The number of hydrogen-bond donors (Lipinski definition) is 1. The van der Waals surface area contributed by atoms with E-state index in [1.54, 1.807) is 12.1 Å². The summed E-state index contributed by atoms with van der Waals surface area (Å²) < 4.78 is 19.0. The molecule has 2 atom stereocenters. The summed E-state index contributed by atoms with van der Waals surface area (Å²) in [6.45, 7) is 3.84. The number of hydrogen-bond acceptors (Lipinski definition) is 2. The molecule has 106 valence electrons. The van der Waals surface area contributed by atoms with Crippen LogP contribution in [0.1, 0.15) is 31.7 Å². The lowest BCUT2D eigenvalue weighted by Gasteiger charge is -2.31. The Morgan fingerprint density at radius 3 is 2.95 bits per heavy atom. The van der Waals surface area contributed by atoms with E-state index in [1.807, 2.05) is 0 Å². The fourth-order valence-electron chi connectivity index (χ4n) is 2.60. The minimum atomic E-state index is -0.362. The monoisotopic (exact) mass is 285 g/mol. The van der Waals surface area contributed by atoms with Crippen molar-refractivity contribution in [3.63, 3.8) is 0 Å². The highest BCUT2D eigenvalue weighted by molar-refractivity contribution is 6.30. The minimum absolute atomic E-state index is 0.192. The van der Waals surface area contributed by atoms with Crippen LogP contribution in [-0.2, 0) is 11.2 Å². The maximum Gasteiger partial charge on any atom is 0.141 e. The Hall–Kier alpha value is -0.640. The molecule has 0 aromatic heterocycles. The first-order valence-corrected chi connectivity index (χ1v) is 7.37. The molecule has 1 heterocycles. The van der Waals surface area contributed by atoms with Gasteiger partial charge < -0.3 is 10.1 Å². The van der Waals surface area contributed by atoms with Crippen molar-refractivity contribution in [2.75, 3.05) is 13.2 Å². The average Bonchev–Trinajstić information content (AvgIpc) is 2.43. The third-order valence-corrected chi connectivity index (χ3v) is 3.86. The highest BCUT2D eigenvalue weighted by atomic mass is 35.5. The van der Waals surface area contributed by atoms with Gasteiger partial charge in [-0.1, -0.05) is 24.6 Å². The average molecular weight is 286 g/mol. The second-order valence-electron chi connectivity index (χ2n) is 5.02. The Labute approximate surface area is 119 Å². The van der Waals surface area contributed by atoms with Gasteiger partial charge in [0.05, 0.1) is 11.1 Å². The summed E-state index contributed by atoms with van der Waals surface area (Å²) in [7, 11) is 0. The van der Waals surface area contributed by atoms with Crippen molar-refractivity contribution in [2.45, 2.75) is 44.8 Å². The van der Waals surface area contributed by atoms with E-state index in [1.165, 1.54) is 12.5 Å². The van der Waals surface area contributed by atoms with Crippen LogP contribution in [-0.4, -0.2) is 25.3 Å². The molecule has 1 aromatic rings. The topological polar surface area (TPSA) is 21.3 Å². The van der Waals surface area contributed by atoms with Crippen molar-refractivity contribution in [3.8, 4) is 0 Å². The molecule has 1 aliphatic heterocycles. The molecule has 0 saturated carbocycles. The van der Waals surface area contributed by atoms with E-state index in [4.69, 9.17) is 16.3 Å². The van der Waals surface area contributed by atoms with Gasteiger partial charge in [-0.05, 0) is 49.9 Å². The van der Waals surface area contributed by atoms with Crippen LogP contribution in [0.5, 0.6) is 0 Å². The van der Waals surface area contributed by atoms with E-state index >= 15 is 0 Å². The minimum Gasteiger partial charge on any atom is -0.377 e. The van der Waals surface area contributed by atoms with Crippen LogP contribution < -0.4 is 5.32 Å². The lowest BCUT2D eigenvalue weighted by molar-refractivity contribution is -0.00709. The largest absolute Gasteiger partial charge is 0.377 e. The molecule has 4 heteroatoms. The SMILES string of the molecule is CCNC(Cc1ccc(F)c(Cl)c1)C1CCCCO1. The molecule has 0 amide bonds. The van der Waals surface area contributed by atoms with Crippen LogP contribution in [0.4, 0.5) is 4.39 Å². The molecule has 1 aromatic carbocycles. The third kappa shape index (κ3) is 4.16. The molecule has 1 fully saturated rings. The molecule has 2 rings (SSSR count). The zero-order valence-electron chi connectivity index (χ0n) is 11.3. The number of benzene rings is 1. The van der Waals surface area contributed by atoms with E-state index in [0.717, 1.165) is 38.0 Å². The van der Waals surface area contributed by atoms with E-state index < -0.39 is 0 Å². The summed E-state index contributed by atoms with van der Waals surface area (Å²) in [4.78, 5) is 0. The van der Waals surface area contributed by atoms with Crippen LogP contribution in [0.25, 0.3) is 0 Å². The Morgan fingerprint density at radius 2 is 2.32 bits per heavy atom. The summed E-state index contributed by atoms with van der Waals surface area (Å²) in [5.74, 6) is -0.362. The number of halogens is 2. The van der Waals surface area contributed by atoms with Gasteiger partial charge in [-0.25, -0.2) is 4.39 Å². The normalized spacial score (nSPS) is 21.3. The van der Waals surface area contributed by atoms with Crippen LogP contribution in [0.15, 0.2) is 18.2 Å². The lowest BCUT2D eigenvalue weighted by atomic mass is 9.96. The number of likely N-dealkylation sites (N-methyl/N-ethyl adjacent to an activating group) is 1.